The highest BCUT2D eigenvalue weighted by Gasteiger charge is 2.30. The number of aromatic nitrogens is 1. The number of aryl methyl sites for hydroxylation is 1. The molecule has 1 aliphatic heterocycles. The van der Waals surface area contributed by atoms with Gasteiger partial charge >= 0.3 is 0 Å². The number of halogens is 1. The minimum atomic E-state index is -0.136. The molecule has 1 atom stereocenters. The fourth-order valence-electron chi connectivity index (χ4n) is 3.67. The van der Waals surface area contributed by atoms with E-state index >= 15 is 0 Å². The molecular formula is C18H31ClN4O2. The molecule has 2 rings (SSSR count). The Morgan fingerprint density at radius 3 is 2.60 bits per heavy atom. The molecule has 0 bridgehead atoms. The van der Waals surface area contributed by atoms with E-state index in [2.05, 4.69) is 23.7 Å². The molecule has 1 saturated heterocycles. The van der Waals surface area contributed by atoms with Gasteiger partial charge in [0.15, 0.2) is 0 Å². The van der Waals surface area contributed by atoms with Gasteiger partial charge < -0.3 is 20.5 Å². The first-order valence-corrected chi connectivity index (χ1v) is 8.82. The summed E-state index contributed by atoms with van der Waals surface area (Å²) in [5.74, 6) is -0.0974. The van der Waals surface area contributed by atoms with Gasteiger partial charge in [0.05, 0.1) is 11.5 Å². The van der Waals surface area contributed by atoms with Crippen LogP contribution in [0.25, 0.3) is 0 Å². The van der Waals surface area contributed by atoms with Crippen LogP contribution < -0.4 is 11.1 Å². The topological polar surface area (TPSA) is 80.4 Å². The van der Waals surface area contributed by atoms with E-state index in [1.807, 2.05) is 24.8 Å². The number of nitrogens with zero attached hydrogens (tertiary/aromatic N) is 2. The lowest BCUT2D eigenvalue weighted by Crippen LogP contribution is -2.46. The molecule has 25 heavy (non-hydrogen) atoms. The van der Waals surface area contributed by atoms with Gasteiger partial charge in [-0.25, -0.2) is 0 Å². The zero-order valence-electron chi connectivity index (χ0n) is 15.7. The van der Waals surface area contributed by atoms with Gasteiger partial charge in [-0.2, -0.15) is 0 Å². The molecular weight excluding hydrogens is 340 g/mol. The lowest BCUT2D eigenvalue weighted by atomic mass is 9.96. The van der Waals surface area contributed by atoms with Crippen molar-refractivity contribution in [3.8, 4) is 0 Å². The maximum atomic E-state index is 13.0. The Labute approximate surface area is 156 Å². The normalized spacial score (nSPS) is 17.4. The first kappa shape index (κ1) is 21.5. The fraction of sp³-hybridized carbons (Fsp3) is 0.667. The Bertz CT molecular complexity index is 612. The van der Waals surface area contributed by atoms with Crippen molar-refractivity contribution in [3.05, 3.63) is 23.0 Å². The first-order chi connectivity index (χ1) is 11.4. The lowest BCUT2D eigenvalue weighted by molar-refractivity contribution is -0.126. The van der Waals surface area contributed by atoms with Crippen LogP contribution in [0.4, 0.5) is 0 Å². The van der Waals surface area contributed by atoms with E-state index in [1.54, 1.807) is 0 Å². The highest BCUT2D eigenvalue weighted by Crippen LogP contribution is 2.24. The van der Waals surface area contributed by atoms with Crippen LogP contribution in [0, 0.1) is 19.8 Å². The number of hydrogen-bond donors (Lipinski definition) is 2. The number of piperidine rings is 1. The van der Waals surface area contributed by atoms with E-state index in [-0.39, 0.29) is 30.1 Å². The van der Waals surface area contributed by atoms with Crippen LogP contribution in [0.5, 0.6) is 0 Å². The predicted molar refractivity (Wildman–Crippen MR) is 102 cm³/mol. The number of nitrogens with two attached hydrogens (primary N) is 1. The van der Waals surface area contributed by atoms with E-state index in [0.717, 1.165) is 29.8 Å². The quantitative estimate of drug-likeness (QED) is 0.832. The van der Waals surface area contributed by atoms with Gasteiger partial charge in [0, 0.05) is 43.6 Å². The highest BCUT2D eigenvalue weighted by atomic mass is 35.5. The number of hydrogen-bond acceptors (Lipinski definition) is 3. The summed E-state index contributed by atoms with van der Waals surface area (Å²) >= 11 is 0. The smallest absolute Gasteiger partial charge is 0.255 e. The molecule has 0 aliphatic carbocycles. The SMILES string of the molecule is Cc1cc(C(=O)N2CCCC(C(=O)NCCN)C2)c(C)n1C(C)C.Cl. The maximum absolute atomic E-state index is 13.0. The van der Waals surface area contributed by atoms with Crippen molar-refractivity contribution in [2.75, 3.05) is 26.2 Å². The molecule has 3 N–H and O–H groups in total. The predicted octanol–water partition coefficient (Wildman–Crippen LogP) is 2.03. The fourth-order valence-corrected chi connectivity index (χ4v) is 3.67. The molecule has 2 heterocycles. The molecule has 1 unspecified atom stereocenters. The Morgan fingerprint density at radius 2 is 2.04 bits per heavy atom. The van der Waals surface area contributed by atoms with Crippen LogP contribution >= 0.6 is 12.4 Å². The molecule has 0 spiro atoms. The van der Waals surface area contributed by atoms with Gasteiger partial charge in [0.2, 0.25) is 5.91 Å². The molecule has 1 aromatic heterocycles. The third-order valence-corrected chi connectivity index (χ3v) is 4.75. The second kappa shape index (κ2) is 9.25. The summed E-state index contributed by atoms with van der Waals surface area (Å²) in [4.78, 5) is 26.9. The summed E-state index contributed by atoms with van der Waals surface area (Å²) in [5, 5.41) is 2.83. The summed E-state index contributed by atoms with van der Waals surface area (Å²) in [7, 11) is 0. The number of amides is 2. The molecule has 0 radical (unpaired) electrons. The third-order valence-electron chi connectivity index (χ3n) is 4.75. The monoisotopic (exact) mass is 370 g/mol. The van der Waals surface area contributed by atoms with Crippen LogP contribution in [0.15, 0.2) is 6.07 Å². The summed E-state index contributed by atoms with van der Waals surface area (Å²) in [6, 6.07) is 2.29. The summed E-state index contributed by atoms with van der Waals surface area (Å²) in [6.45, 7) is 10.4. The van der Waals surface area contributed by atoms with Crippen LogP contribution in [0.2, 0.25) is 0 Å². The van der Waals surface area contributed by atoms with Gasteiger partial charge in [-0.1, -0.05) is 0 Å². The summed E-state index contributed by atoms with van der Waals surface area (Å²) in [6.07, 6.45) is 1.68. The summed E-state index contributed by atoms with van der Waals surface area (Å²) in [5.41, 5.74) is 8.29. The highest BCUT2D eigenvalue weighted by molar-refractivity contribution is 5.96. The maximum Gasteiger partial charge on any atom is 0.255 e. The Hall–Kier alpha value is -1.53. The molecule has 1 aromatic rings. The second-order valence-electron chi connectivity index (χ2n) is 6.92. The minimum absolute atomic E-state index is 0. The van der Waals surface area contributed by atoms with Crippen molar-refractivity contribution in [2.24, 2.45) is 11.7 Å². The number of rotatable bonds is 5. The average molecular weight is 371 g/mol. The molecule has 1 aliphatic rings. The van der Waals surface area contributed by atoms with Gasteiger partial charge in [-0.15, -0.1) is 12.4 Å². The molecule has 2 amide bonds. The molecule has 7 heteroatoms. The van der Waals surface area contributed by atoms with Crippen molar-refractivity contribution in [2.45, 2.75) is 46.6 Å². The molecule has 1 fully saturated rings. The van der Waals surface area contributed by atoms with Gasteiger partial charge in [0.1, 0.15) is 0 Å². The molecule has 6 nitrogen and oxygen atoms in total. The number of carbonyl (C=O) groups is 2. The third kappa shape index (κ3) is 4.76. The van der Waals surface area contributed by atoms with Crippen molar-refractivity contribution in [1.82, 2.24) is 14.8 Å². The number of likely N-dealkylation sites (tertiary alicyclic amines) is 1. The van der Waals surface area contributed by atoms with E-state index in [0.29, 0.717) is 32.2 Å². The minimum Gasteiger partial charge on any atom is -0.355 e. The Balaban J connectivity index is 0.00000312. The Morgan fingerprint density at radius 1 is 1.36 bits per heavy atom. The van der Waals surface area contributed by atoms with Crippen LogP contribution in [-0.2, 0) is 4.79 Å². The van der Waals surface area contributed by atoms with Crippen LogP contribution in [-0.4, -0.2) is 47.5 Å². The molecule has 0 aromatic carbocycles. The number of nitrogens with one attached hydrogen (secondary N) is 1. The van der Waals surface area contributed by atoms with E-state index in [1.165, 1.54) is 0 Å². The Kier molecular flexibility index (Phi) is 7.96. The van der Waals surface area contributed by atoms with E-state index in [4.69, 9.17) is 5.73 Å². The molecule has 142 valence electrons. The standard InChI is InChI=1S/C18H30N4O2.ClH/c1-12(2)22-13(3)10-16(14(22)4)18(24)21-9-5-6-15(11-21)17(23)20-8-7-19;/h10,12,15H,5-9,11,19H2,1-4H3,(H,20,23);1H. The molecule has 0 saturated carbocycles. The van der Waals surface area contributed by atoms with Gasteiger partial charge in [0.25, 0.3) is 5.91 Å². The van der Waals surface area contributed by atoms with E-state index < -0.39 is 0 Å². The number of carbonyl (C=O) groups excluding carboxylic acids is 2. The first-order valence-electron chi connectivity index (χ1n) is 8.82. The zero-order valence-corrected chi connectivity index (χ0v) is 16.5. The van der Waals surface area contributed by atoms with Gasteiger partial charge in [-0.05, 0) is 46.6 Å². The summed E-state index contributed by atoms with van der Waals surface area (Å²) < 4.78 is 2.18. The lowest BCUT2D eigenvalue weighted by Gasteiger charge is -2.32. The van der Waals surface area contributed by atoms with Crippen molar-refractivity contribution in [3.63, 3.8) is 0 Å². The average Bonchev–Trinajstić information content (AvgIpc) is 2.86. The van der Waals surface area contributed by atoms with Crippen LogP contribution in [0.1, 0.15) is 54.5 Å². The van der Waals surface area contributed by atoms with Crippen molar-refractivity contribution < 1.29 is 9.59 Å². The van der Waals surface area contributed by atoms with E-state index in [9.17, 15) is 9.59 Å². The van der Waals surface area contributed by atoms with Crippen LogP contribution in [0.3, 0.4) is 0 Å². The van der Waals surface area contributed by atoms with Crippen molar-refractivity contribution in [1.29, 1.82) is 0 Å². The second-order valence-corrected chi connectivity index (χ2v) is 6.92. The van der Waals surface area contributed by atoms with Gasteiger partial charge in [-0.3, -0.25) is 9.59 Å². The van der Waals surface area contributed by atoms with Crippen molar-refractivity contribution >= 4 is 24.2 Å². The largest absolute Gasteiger partial charge is 0.355 e. The zero-order chi connectivity index (χ0) is 17.9.